The molecule has 0 unspecified atom stereocenters. The molecule has 0 saturated heterocycles. The standard InChI is InChI=1S/C10H14F4O4/c1-2-18-8(16)4-3-7(15)5-17-6-10(13,14)9(11)12/h9H,2-6H2,1H3. The van der Waals surface area contributed by atoms with E-state index >= 15 is 0 Å². The van der Waals surface area contributed by atoms with Gasteiger partial charge in [0.1, 0.15) is 13.2 Å². The Kier molecular flexibility index (Phi) is 7.49. The highest BCUT2D eigenvalue weighted by molar-refractivity contribution is 5.83. The molecular formula is C10H14F4O4. The Morgan fingerprint density at radius 1 is 1.22 bits per heavy atom. The summed E-state index contributed by atoms with van der Waals surface area (Å²) in [6, 6.07) is 0. The fourth-order valence-electron chi connectivity index (χ4n) is 0.911. The van der Waals surface area contributed by atoms with Crippen LogP contribution in [0.1, 0.15) is 19.8 Å². The van der Waals surface area contributed by atoms with Crippen molar-refractivity contribution in [1.82, 2.24) is 0 Å². The fourth-order valence-corrected chi connectivity index (χ4v) is 0.911. The maximum absolute atomic E-state index is 12.4. The molecule has 0 aliphatic heterocycles. The van der Waals surface area contributed by atoms with E-state index in [1.165, 1.54) is 0 Å². The van der Waals surface area contributed by atoms with Gasteiger partial charge in [-0.1, -0.05) is 0 Å². The Hall–Kier alpha value is -1.18. The van der Waals surface area contributed by atoms with Crippen LogP contribution in [0.4, 0.5) is 17.6 Å². The SMILES string of the molecule is CCOC(=O)CCC(=O)COCC(F)(F)C(F)F. The van der Waals surface area contributed by atoms with E-state index in [2.05, 4.69) is 9.47 Å². The van der Waals surface area contributed by atoms with E-state index in [1.54, 1.807) is 6.92 Å². The van der Waals surface area contributed by atoms with Gasteiger partial charge in [0.15, 0.2) is 5.78 Å². The maximum atomic E-state index is 12.4. The molecule has 0 N–H and O–H groups in total. The van der Waals surface area contributed by atoms with Gasteiger partial charge >= 0.3 is 18.3 Å². The van der Waals surface area contributed by atoms with Crippen molar-refractivity contribution >= 4 is 11.8 Å². The normalized spacial score (nSPS) is 11.7. The van der Waals surface area contributed by atoms with Crippen LogP contribution < -0.4 is 0 Å². The summed E-state index contributed by atoms with van der Waals surface area (Å²) in [4.78, 5) is 21.9. The minimum atomic E-state index is -4.28. The van der Waals surface area contributed by atoms with E-state index in [4.69, 9.17) is 0 Å². The monoisotopic (exact) mass is 274 g/mol. The third-order valence-electron chi connectivity index (χ3n) is 1.79. The zero-order chi connectivity index (χ0) is 14.2. The third-order valence-corrected chi connectivity index (χ3v) is 1.79. The Bertz CT molecular complexity index is 281. The van der Waals surface area contributed by atoms with E-state index < -0.39 is 37.3 Å². The Morgan fingerprint density at radius 3 is 2.33 bits per heavy atom. The number of halogens is 4. The Balaban J connectivity index is 3.75. The summed E-state index contributed by atoms with van der Waals surface area (Å²) in [5, 5.41) is 0. The van der Waals surface area contributed by atoms with Gasteiger partial charge in [0.25, 0.3) is 0 Å². The predicted octanol–water partition coefficient (Wildman–Crippen LogP) is 1.82. The molecule has 0 aliphatic rings. The molecule has 0 heterocycles. The van der Waals surface area contributed by atoms with Crippen molar-refractivity contribution in [3.05, 3.63) is 0 Å². The highest BCUT2D eigenvalue weighted by atomic mass is 19.3. The van der Waals surface area contributed by atoms with E-state index in [-0.39, 0.29) is 19.4 Å². The predicted molar refractivity (Wildman–Crippen MR) is 52.6 cm³/mol. The highest BCUT2D eigenvalue weighted by Crippen LogP contribution is 2.22. The van der Waals surface area contributed by atoms with Gasteiger partial charge < -0.3 is 9.47 Å². The summed E-state index contributed by atoms with van der Waals surface area (Å²) >= 11 is 0. The minimum absolute atomic E-state index is 0.171. The minimum Gasteiger partial charge on any atom is -0.466 e. The average molecular weight is 274 g/mol. The number of ketones is 1. The lowest BCUT2D eigenvalue weighted by molar-refractivity contribution is -0.168. The van der Waals surface area contributed by atoms with Gasteiger partial charge in [-0.25, -0.2) is 8.78 Å². The lowest BCUT2D eigenvalue weighted by Gasteiger charge is -2.14. The molecule has 0 spiro atoms. The number of hydrogen-bond donors (Lipinski definition) is 0. The van der Waals surface area contributed by atoms with Gasteiger partial charge in [-0.3, -0.25) is 9.59 Å². The highest BCUT2D eigenvalue weighted by Gasteiger charge is 2.41. The smallest absolute Gasteiger partial charge is 0.330 e. The Morgan fingerprint density at radius 2 is 1.83 bits per heavy atom. The molecule has 0 fully saturated rings. The van der Waals surface area contributed by atoms with Gasteiger partial charge in [-0.2, -0.15) is 8.78 Å². The van der Waals surface area contributed by atoms with Crippen LogP contribution in [0.2, 0.25) is 0 Å². The molecule has 18 heavy (non-hydrogen) atoms. The van der Waals surface area contributed by atoms with Crippen molar-refractivity contribution in [2.24, 2.45) is 0 Å². The molecule has 0 aliphatic carbocycles. The van der Waals surface area contributed by atoms with Crippen LogP contribution >= 0.6 is 0 Å². The van der Waals surface area contributed by atoms with Crippen molar-refractivity contribution in [2.45, 2.75) is 32.1 Å². The summed E-state index contributed by atoms with van der Waals surface area (Å²) in [5.41, 5.74) is 0. The largest absolute Gasteiger partial charge is 0.466 e. The van der Waals surface area contributed by atoms with Gasteiger partial charge in [-0.15, -0.1) is 0 Å². The van der Waals surface area contributed by atoms with E-state index in [0.717, 1.165) is 0 Å². The van der Waals surface area contributed by atoms with E-state index in [9.17, 15) is 27.2 Å². The molecule has 0 amide bonds. The molecule has 0 aromatic heterocycles. The number of alkyl halides is 4. The molecule has 0 aromatic rings. The van der Waals surface area contributed by atoms with Crippen LogP contribution in [0, 0.1) is 0 Å². The van der Waals surface area contributed by atoms with Crippen molar-refractivity contribution in [3.63, 3.8) is 0 Å². The summed E-state index contributed by atoms with van der Waals surface area (Å²) in [5.74, 6) is -5.50. The first-order valence-corrected chi connectivity index (χ1v) is 5.20. The van der Waals surface area contributed by atoms with E-state index in [0.29, 0.717) is 0 Å². The first-order valence-electron chi connectivity index (χ1n) is 5.20. The third kappa shape index (κ3) is 7.21. The molecule has 0 saturated carbocycles. The number of ether oxygens (including phenoxy) is 2. The lowest BCUT2D eigenvalue weighted by atomic mass is 10.2. The first-order chi connectivity index (χ1) is 8.29. The molecule has 0 radical (unpaired) electrons. The van der Waals surface area contributed by atoms with Crippen LogP contribution in [-0.2, 0) is 19.1 Å². The van der Waals surface area contributed by atoms with Crippen molar-refractivity contribution < 1.29 is 36.6 Å². The van der Waals surface area contributed by atoms with Crippen LogP contribution in [0.3, 0.4) is 0 Å². The average Bonchev–Trinajstić information content (AvgIpc) is 2.26. The van der Waals surface area contributed by atoms with Crippen LogP contribution in [0.5, 0.6) is 0 Å². The summed E-state index contributed by atoms with van der Waals surface area (Å²) < 4.78 is 56.8. The first kappa shape index (κ1) is 16.8. The second-order valence-electron chi connectivity index (χ2n) is 3.40. The van der Waals surface area contributed by atoms with Crippen molar-refractivity contribution in [2.75, 3.05) is 19.8 Å². The summed E-state index contributed by atoms with van der Waals surface area (Å²) in [7, 11) is 0. The van der Waals surface area contributed by atoms with Gasteiger partial charge in [0, 0.05) is 6.42 Å². The Labute approximate surface area is 101 Å². The second kappa shape index (κ2) is 8.02. The lowest BCUT2D eigenvalue weighted by Crippen LogP contribution is -2.33. The van der Waals surface area contributed by atoms with Crippen LogP contribution in [0.15, 0.2) is 0 Å². The molecular weight excluding hydrogens is 260 g/mol. The van der Waals surface area contributed by atoms with Gasteiger partial charge in [-0.05, 0) is 6.92 Å². The van der Waals surface area contributed by atoms with E-state index in [1.807, 2.05) is 0 Å². The molecule has 106 valence electrons. The zero-order valence-electron chi connectivity index (χ0n) is 9.76. The zero-order valence-corrected chi connectivity index (χ0v) is 9.76. The number of hydrogen-bond acceptors (Lipinski definition) is 4. The summed E-state index contributed by atoms with van der Waals surface area (Å²) in [6.45, 7) is -0.503. The summed E-state index contributed by atoms with van der Waals surface area (Å²) in [6.07, 6.45) is -4.27. The topological polar surface area (TPSA) is 52.6 Å². The molecule has 4 nitrogen and oxygen atoms in total. The number of esters is 1. The van der Waals surface area contributed by atoms with Crippen LogP contribution in [0.25, 0.3) is 0 Å². The van der Waals surface area contributed by atoms with Crippen molar-refractivity contribution in [3.8, 4) is 0 Å². The second-order valence-corrected chi connectivity index (χ2v) is 3.40. The number of rotatable bonds is 9. The quantitative estimate of drug-likeness (QED) is 0.475. The molecule has 8 heteroatoms. The fraction of sp³-hybridized carbons (Fsp3) is 0.800. The molecule has 0 bridgehead atoms. The maximum Gasteiger partial charge on any atom is 0.330 e. The van der Waals surface area contributed by atoms with Gasteiger partial charge in [0.05, 0.1) is 13.0 Å². The molecule has 0 atom stereocenters. The van der Waals surface area contributed by atoms with Crippen molar-refractivity contribution in [1.29, 1.82) is 0 Å². The number of carbonyl (C=O) groups is 2. The molecule has 0 aromatic carbocycles. The van der Waals surface area contributed by atoms with Gasteiger partial charge in [0.2, 0.25) is 0 Å². The number of Topliss-reactive ketones (excluding diaryl/α,β-unsaturated/α-hetero) is 1. The van der Waals surface area contributed by atoms with Crippen LogP contribution in [-0.4, -0.2) is 43.9 Å². The number of carbonyl (C=O) groups excluding carboxylic acids is 2. The molecule has 0 rings (SSSR count).